The van der Waals surface area contributed by atoms with Gasteiger partial charge >= 0.3 is 0 Å². The molecule has 0 bridgehead atoms. The first kappa shape index (κ1) is 15.9. The van der Waals surface area contributed by atoms with Gasteiger partial charge in [0.05, 0.1) is 0 Å². The summed E-state index contributed by atoms with van der Waals surface area (Å²) >= 11 is 0. The van der Waals surface area contributed by atoms with E-state index in [0.29, 0.717) is 6.04 Å². The molecule has 0 radical (unpaired) electrons. The summed E-state index contributed by atoms with van der Waals surface area (Å²) in [4.78, 5) is 0. The van der Waals surface area contributed by atoms with Crippen molar-refractivity contribution >= 4 is 11.3 Å². The first-order valence-electron chi connectivity index (χ1n) is 8.91. The average Bonchev–Trinajstić information content (AvgIpc) is 2.62. The molecule has 1 aliphatic rings. The molecule has 2 N–H and O–H groups in total. The van der Waals surface area contributed by atoms with E-state index in [9.17, 15) is 0 Å². The highest BCUT2D eigenvalue weighted by Gasteiger charge is 2.25. The van der Waals surface area contributed by atoms with Crippen molar-refractivity contribution in [2.45, 2.75) is 26.8 Å². The molecule has 0 amide bonds. The minimum Gasteiger partial charge on any atom is -0.304 e. The quantitative estimate of drug-likeness (QED) is 0.639. The topological polar surface area (TPSA) is 16.6 Å². The lowest BCUT2D eigenvalue weighted by atomic mass is 9.88. The Morgan fingerprint density at radius 3 is 1.96 bits per heavy atom. The summed E-state index contributed by atoms with van der Waals surface area (Å²) in [6.07, 6.45) is 2.41. The van der Waals surface area contributed by atoms with Gasteiger partial charge < -0.3 is 5.32 Å². The SMILES string of the molecule is Cc1ccc(C2=CC(c3ccc(C)cc3)[NH2+]c3ccc(C)cc32)cc1. The second kappa shape index (κ2) is 6.34. The molecule has 1 aliphatic heterocycles. The van der Waals surface area contributed by atoms with Crippen LogP contribution in [-0.4, -0.2) is 0 Å². The highest BCUT2D eigenvalue weighted by atomic mass is 14.9. The van der Waals surface area contributed by atoms with E-state index in [1.807, 2.05) is 0 Å². The first-order valence-corrected chi connectivity index (χ1v) is 8.91. The van der Waals surface area contributed by atoms with Crippen molar-refractivity contribution in [1.29, 1.82) is 0 Å². The third kappa shape index (κ3) is 3.16. The van der Waals surface area contributed by atoms with E-state index in [4.69, 9.17) is 0 Å². The highest BCUT2D eigenvalue weighted by molar-refractivity contribution is 5.85. The summed E-state index contributed by atoms with van der Waals surface area (Å²) in [7, 11) is 0. The molecule has 0 saturated carbocycles. The van der Waals surface area contributed by atoms with Crippen LogP contribution in [0.4, 0.5) is 5.69 Å². The minimum atomic E-state index is 0.312. The molecule has 0 fully saturated rings. The van der Waals surface area contributed by atoms with Crippen LogP contribution in [0.25, 0.3) is 5.57 Å². The Balaban J connectivity index is 1.85. The van der Waals surface area contributed by atoms with Gasteiger partial charge in [-0.15, -0.1) is 0 Å². The maximum absolute atomic E-state index is 2.41. The molecular weight excluding hydrogens is 302 g/mol. The minimum absolute atomic E-state index is 0.312. The predicted molar refractivity (Wildman–Crippen MR) is 105 cm³/mol. The number of aryl methyl sites for hydroxylation is 3. The Labute approximate surface area is 150 Å². The molecule has 1 heterocycles. The summed E-state index contributed by atoms with van der Waals surface area (Å²) in [6.45, 7) is 6.44. The fourth-order valence-corrected chi connectivity index (χ4v) is 3.53. The number of hydrogen-bond donors (Lipinski definition) is 1. The monoisotopic (exact) mass is 326 g/mol. The van der Waals surface area contributed by atoms with Crippen molar-refractivity contribution in [2.75, 3.05) is 0 Å². The van der Waals surface area contributed by atoms with E-state index in [1.165, 1.54) is 44.6 Å². The largest absolute Gasteiger partial charge is 0.304 e. The second-order valence-corrected chi connectivity index (χ2v) is 7.14. The van der Waals surface area contributed by atoms with Gasteiger partial charge in [-0.1, -0.05) is 71.3 Å². The van der Waals surface area contributed by atoms with Crippen LogP contribution in [-0.2, 0) is 0 Å². The molecule has 0 aromatic heterocycles. The van der Waals surface area contributed by atoms with E-state index >= 15 is 0 Å². The highest BCUT2D eigenvalue weighted by Crippen LogP contribution is 2.34. The first-order chi connectivity index (χ1) is 12.1. The number of quaternary nitrogens is 1. The van der Waals surface area contributed by atoms with Crippen LogP contribution < -0.4 is 5.32 Å². The van der Waals surface area contributed by atoms with Gasteiger partial charge in [0, 0.05) is 11.1 Å². The lowest BCUT2D eigenvalue weighted by Gasteiger charge is -2.23. The molecule has 25 heavy (non-hydrogen) atoms. The maximum Gasteiger partial charge on any atom is 0.138 e. The molecule has 3 aromatic rings. The zero-order valence-corrected chi connectivity index (χ0v) is 15.1. The summed E-state index contributed by atoms with van der Waals surface area (Å²) < 4.78 is 0. The Morgan fingerprint density at radius 1 is 0.680 bits per heavy atom. The van der Waals surface area contributed by atoms with Crippen LogP contribution in [0.15, 0.2) is 72.8 Å². The van der Waals surface area contributed by atoms with Gasteiger partial charge in [0.1, 0.15) is 11.7 Å². The van der Waals surface area contributed by atoms with Gasteiger partial charge in [-0.25, -0.2) is 0 Å². The normalized spacial score (nSPS) is 16.3. The van der Waals surface area contributed by atoms with Gasteiger partial charge in [0.15, 0.2) is 0 Å². The fourth-order valence-electron chi connectivity index (χ4n) is 3.53. The standard InChI is InChI=1S/C24H23N/c1-16-4-9-19(10-5-16)21-15-24(20-11-6-17(2)7-12-20)25-23-13-8-18(3)14-22(21)23/h4-15,24-25H,1-3H3/p+1. The maximum atomic E-state index is 2.41. The number of nitrogens with two attached hydrogens (primary N) is 1. The number of benzene rings is 3. The Bertz CT molecular complexity index is 931. The van der Waals surface area contributed by atoms with Crippen molar-refractivity contribution in [3.05, 3.63) is 106 Å². The zero-order valence-electron chi connectivity index (χ0n) is 15.1. The van der Waals surface area contributed by atoms with Crippen molar-refractivity contribution in [1.82, 2.24) is 0 Å². The number of hydrogen-bond acceptors (Lipinski definition) is 0. The molecule has 0 aliphatic carbocycles. The molecule has 4 rings (SSSR count). The number of fused-ring (bicyclic) bond motifs is 1. The van der Waals surface area contributed by atoms with Crippen molar-refractivity contribution in [3.63, 3.8) is 0 Å². The lowest BCUT2D eigenvalue weighted by Crippen LogP contribution is -2.80. The van der Waals surface area contributed by atoms with Crippen LogP contribution in [0.1, 0.15) is 39.4 Å². The van der Waals surface area contributed by atoms with Gasteiger partial charge in [-0.05, 0) is 50.1 Å². The molecule has 1 unspecified atom stereocenters. The predicted octanol–water partition coefficient (Wildman–Crippen LogP) is 4.99. The van der Waals surface area contributed by atoms with Crippen LogP contribution in [0.3, 0.4) is 0 Å². The van der Waals surface area contributed by atoms with Gasteiger partial charge in [-0.2, -0.15) is 0 Å². The summed E-state index contributed by atoms with van der Waals surface area (Å²) in [5.41, 5.74) is 10.6. The van der Waals surface area contributed by atoms with Crippen molar-refractivity contribution < 1.29 is 5.32 Å². The summed E-state index contributed by atoms with van der Waals surface area (Å²) in [5.74, 6) is 0. The van der Waals surface area contributed by atoms with E-state index in [0.717, 1.165) is 0 Å². The molecule has 1 nitrogen and oxygen atoms in total. The fraction of sp³-hybridized carbons (Fsp3) is 0.167. The van der Waals surface area contributed by atoms with Gasteiger partial charge in [-0.3, -0.25) is 0 Å². The molecule has 0 saturated heterocycles. The zero-order chi connectivity index (χ0) is 17.4. The third-order valence-electron chi connectivity index (χ3n) is 5.03. The Morgan fingerprint density at radius 2 is 1.28 bits per heavy atom. The molecule has 0 spiro atoms. The summed E-state index contributed by atoms with van der Waals surface area (Å²) in [5, 5.41) is 2.39. The van der Waals surface area contributed by atoms with Crippen LogP contribution in [0.5, 0.6) is 0 Å². The second-order valence-electron chi connectivity index (χ2n) is 7.14. The van der Waals surface area contributed by atoms with Gasteiger partial charge in [0.25, 0.3) is 0 Å². The molecule has 124 valence electrons. The van der Waals surface area contributed by atoms with Crippen LogP contribution in [0.2, 0.25) is 0 Å². The molecule has 3 aromatic carbocycles. The molecule has 1 atom stereocenters. The smallest absolute Gasteiger partial charge is 0.138 e. The van der Waals surface area contributed by atoms with Crippen molar-refractivity contribution in [3.8, 4) is 0 Å². The van der Waals surface area contributed by atoms with E-state index in [-0.39, 0.29) is 0 Å². The van der Waals surface area contributed by atoms with E-state index in [1.54, 1.807) is 0 Å². The van der Waals surface area contributed by atoms with Crippen molar-refractivity contribution in [2.24, 2.45) is 0 Å². The van der Waals surface area contributed by atoms with E-state index in [2.05, 4.69) is 98.9 Å². The Hall–Kier alpha value is -2.64. The average molecular weight is 326 g/mol. The van der Waals surface area contributed by atoms with Crippen LogP contribution in [0, 0.1) is 20.8 Å². The Kier molecular flexibility index (Phi) is 4.03. The summed E-state index contributed by atoms with van der Waals surface area (Å²) in [6, 6.07) is 24.9. The molecule has 1 heteroatoms. The third-order valence-corrected chi connectivity index (χ3v) is 5.03. The number of rotatable bonds is 2. The van der Waals surface area contributed by atoms with Crippen LogP contribution >= 0.6 is 0 Å². The molecular formula is C24H24N+. The lowest BCUT2D eigenvalue weighted by molar-refractivity contribution is -0.607. The van der Waals surface area contributed by atoms with E-state index < -0.39 is 0 Å². The van der Waals surface area contributed by atoms with Gasteiger partial charge in [0.2, 0.25) is 0 Å².